The number of methoxy groups -OCH3 is 1. The number of phenolic OH excluding ortho intramolecular Hbond substituents is 1. The van der Waals surface area contributed by atoms with Gasteiger partial charge < -0.3 is 24.6 Å². The molecule has 196 valence electrons. The van der Waals surface area contributed by atoms with Gasteiger partial charge in [0.05, 0.1) is 30.4 Å². The minimum atomic E-state index is -0.718. The molecular formula is C29H32ClNO6. The molecule has 0 saturated carbocycles. The van der Waals surface area contributed by atoms with Gasteiger partial charge in [-0.15, -0.1) is 0 Å². The number of phenols is 1. The smallest absolute Gasteiger partial charge is 0.337 e. The number of Topliss-reactive ketones (excluding diaryl/α,β-unsaturated/α-hetero) is 1. The molecule has 1 aliphatic carbocycles. The number of hydrogen-bond acceptors (Lipinski definition) is 7. The zero-order chi connectivity index (χ0) is 26.9. The van der Waals surface area contributed by atoms with Gasteiger partial charge in [-0.3, -0.25) is 4.79 Å². The predicted molar refractivity (Wildman–Crippen MR) is 141 cm³/mol. The third-order valence-corrected chi connectivity index (χ3v) is 6.95. The van der Waals surface area contributed by atoms with Gasteiger partial charge >= 0.3 is 5.97 Å². The molecule has 1 aliphatic heterocycles. The number of ether oxygens (including phenoxy) is 3. The third-order valence-electron chi connectivity index (χ3n) is 6.66. The van der Waals surface area contributed by atoms with Crippen LogP contribution < -0.4 is 14.8 Å². The van der Waals surface area contributed by atoms with Crippen LogP contribution in [0, 0.1) is 0 Å². The van der Waals surface area contributed by atoms with E-state index in [2.05, 4.69) is 5.32 Å². The molecule has 0 saturated heterocycles. The highest BCUT2D eigenvalue weighted by Gasteiger charge is 2.42. The maximum Gasteiger partial charge on any atom is 0.337 e. The third kappa shape index (κ3) is 5.32. The highest BCUT2D eigenvalue weighted by molar-refractivity contribution is 6.32. The minimum absolute atomic E-state index is 0.0235. The van der Waals surface area contributed by atoms with Crippen LogP contribution in [0.25, 0.3) is 0 Å². The number of aromatic hydroxyl groups is 1. The number of allylic oxidation sites excluding steroid dienone is 3. The van der Waals surface area contributed by atoms with Gasteiger partial charge in [0.2, 0.25) is 0 Å². The lowest BCUT2D eigenvalue weighted by Gasteiger charge is -2.37. The number of carbonyl (C=O) groups is 2. The molecule has 2 aliphatic rings. The minimum Gasteiger partial charge on any atom is -0.503 e. The fourth-order valence-electron chi connectivity index (χ4n) is 5.06. The number of rotatable bonds is 7. The molecule has 8 heteroatoms. The summed E-state index contributed by atoms with van der Waals surface area (Å²) in [6.07, 6.45) is 0.546. The molecule has 0 fully saturated rings. The molecule has 0 bridgehead atoms. The Bertz CT molecular complexity index is 1280. The van der Waals surface area contributed by atoms with E-state index in [1.54, 1.807) is 46.9 Å². The number of nitrogens with one attached hydrogen (secondary N) is 1. The molecule has 0 amide bonds. The Hall–Kier alpha value is -3.45. The molecule has 2 atom stereocenters. The van der Waals surface area contributed by atoms with Gasteiger partial charge in [-0.1, -0.05) is 23.7 Å². The van der Waals surface area contributed by atoms with E-state index in [9.17, 15) is 14.7 Å². The van der Waals surface area contributed by atoms with Crippen LogP contribution in [0.3, 0.4) is 0 Å². The SMILES string of the molecule is CCOc1cc([C@H]2C(C(=O)OC(C)C)=C(C)NC3=C2C(=O)C[C@H](c2ccc(OC)cc2)C3)cc(Cl)c1O. The Kier molecular flexibility index (Phi) is 7.83. The lowest BCUT2D eigenvalue weighted by Crippen LogP contribution is -2.36. The Balaban J connectivity index is 1.83. The van der Waals surface area contributed by atoms with Crippen molar-refractivity contribution < 1.29 is 28.9 Å². The Labute approximate surface area is 222 Å². The summed E-state index contributed by atoms with van der Waals surface area (Å²) >= 11 is 6.37. The van der Waals surface area contributed by atoms with Crippen molar-refractivity contribution in [2.45, 2.75) is 58.5 Å². The topological polar surface area (TPSA) is 94.1 Å². The average Bonchev–Trinajstić information content (AvgIpc) is 2.85. The van der Waals surface area contributed by atoms with Crippen molar-refractivity contribution in [1.29, 1.82) is 0 Å². The van der Waals surface area contributed by atoms with Gasteiger partial charge in [0.1, 0.15) is 5.75 Å². The quantitative estimate of drug-likeness (QED) is 0.443. The zero-order valence-corrected chi connectivity index (χ0v) is 22.4. The first-order valence-corrected chi connectivity index (χ1v) is 12.8. The van der Waals surface area contributed by atoms with Crippen LogP contribution >= 0.6 is 11.6 Å². The first-order valence-electron chi connectivity index (χ1n) is 12.4. The van der Waals surface area contributed by atoms with Crippen molar-refractivity contribution in [2.75, 3.05) is 13.7 Å². The number of carbonyl (C=O) groups excluding carboxylic acids is 2. The van der Waals surface area contributed by atoms with Crippen molar-refractivity contribution in [3.8, 4) is 17.2 Å². The summed E-state index contributed by atoms with van der Waals surface area (Å²) in [7, 11) is 1.62. The van der Waals surface area contributed by atoms with Crippen LogP contribution in [-0.2, 0) is 14.3 Å². The number of halogens is 1. The lowest BCUT2D eigenvalue weighted by atomic mass is 9.71. The van der Waals surface area contributed by atoms with E-state index < -0.39 is 11.9 Å². The Morgan fingerprint density at radius 3 is 2.49 bits per heavy atom. The Morgan fingerprint density at radius 2 is 1.86 bits per heavy atom. The van der Waals surface area contributed by atoms with E-state index >= 15 is 0 Å². The predicted octanol–water partition coefficient (Wildman–Crippen LogP) is 5.77. The maximum absolute atomic E-state index is 13.8. The normalized spacial score (nSPS) is 19.5. The van der Waals surface area contributed by atoms with Crippen LogP contribution in [0.2, 0.25) is 5.02 Å². The van der Waals surface area contributed by atoms with Gasteiger partial charge in [-0.05, 0) is 75.4 Å². The zero-order valence-electron chi connectivity index (χ0n) is 21.7. The molecule has 4 rings (SSSR count). The summed E-state index contributed by atoms with van der Waals surface area (Å²) in [5.74, 6) is -0.555. The second-order valence-corrected chi connectivity index (χ2v) is 9.93. The first kappa shape index (κ1) is 26.6. The molecular weight excluding hydrogens is 494 g/mol. The van der Waals surface area contributed by atoms with E-state index in [1.807, 2.05) is 24.3 Å². The second-order valence-electron chi connectivity index (χ2n) is 9.53. The molecule has 7 nitrogen and oxygen atoms in total. The van der Waals surface area contributed by atoms with Gasteiger partial charge in [0.25, 0.3) is 0 Å². The largest absolute Gasteiger partial charge is 0.503 e. The Morgan fingerprint density at radius 1 is 1.16 bits per heavy atom. The highest BCUT2D eigenvalue weighted by Crippen LogP contribution is 2.48. The number of ketones is 1. The number of benzene rings is 2. The van der Waals surface area contributed by atoms with Gasteiger partial charge in [0.15, 0.2) is 17.3 Å². The molecule has 2 N–H and O–H groups in total. The van der Waals surface area contributed by atoms with Gasteiger partial charge in [0, 0.05) is 29.3 Å². The van der Waals surface area contributed by atoms with E-state index in [0.29, 0.717) is 41.9 Å². The first-order chi connectivity index (χ1) is 17.6. The summed E-state index contributed by atoms with van der Waals surface area (Å²) in [4.78, 5) is 27.1. The van der Waals surface area contributed by atoms with E-state index in [4.69, 9.17) is 25.8 Å². The van der Waals surface area contributed by atoms with Crippen LogP contribution in [0.1, 0.15) is 63.5 Å². The van der Waals surface area contributed by atoms with Crippen molar-refractivity contribution >= 4 is 23.4 Å². The molecule has 2 aromatic rings. The molecule has 0 radical (unpaired) electrons. The van der Waals surface area contributed by atoms with E-state index in [0.717, 1.165) is 17.0 Å². The second kappa shape index (κ2) is 10.9. The summed E-state index contributed by atoms with van der Waals surface area (Å²) in [5.41, 5.74) is 3.84. The molecule has 2 aromatic carbocycles. The van der Waals surface area contributed by atoms with E-state index in [1.165, 1.54) is 0 Å². The van der Waals surface area contributed by atoms with Crippen molar-refractivity contribution in [2.24, 2.45) is 0 Å². The molecule has 0 unspecified atom stereocenters. The summed E-state index contributed by atoms with van der Waals surface area (Å²) in [6.45, 7) is 7.47. The fourth-order valence-corrected chi connectivity index (χ4v) is 5.28. The fraction of sp³-hybridized carbons (Fsp3) is 0.379. The number of esters is 1. The average molecular weight is 526 g/mol. The lowest BCUT2D eigenvalue weighted by molar-refractivity contribution is -0.143. The molecule has 1 heterocycles. The van der Waals surface area contributed by atoms with Crippen LogP contribution in [0.15, 0.2) is 58.9 Å². The van der Waals surface area contributed by atoms with Crippen molar-refractivity contribution in [1.82, 2.24) is 5.32 Å². The van der Waals surface area contributed by atoms with Crippen LogP contribution in [-0.4, -0.2) is 36.7 Å². The highest BCUT2D eigenvalue weighted by atomic mass is 35.5. The molecule has 0 aromatic heterocycles. The standard InChI is InChI=1S/C29H32ClNO6/c1-6-36-24-14-19(11-21(30)28(24)33)26-25(29(34)37-15(2)3)16(4)31-22-12-18(13-23(32)27(22)26)17-7-9-20(35-5)10-8-17/h7-11,14-15,18,26,31,33H,6,12-13H2,1-5H3/t18-,26+/m1/s1. The summed E-state index contributed by atoms with van der Waals surface area (Å²) < 4.78 is 16.4. The monoisotopic (exact) mass is 525 g/mol. The number of dihydropyridines is 1. The maximum atomic E-state index is 13.8. The number of hydrogen-bond donors (Lipinski definition) is 2. The van der Waals surface area contributed by atoms with Crippen LogP contribution in [0.4, 0.5) is 0 Å². The van der Waals surface area contributed by atoms with Gasteiger partial charge in [-0.25, -0.2) is 4.79 Å². The summed E-state index contributed by atoms with van der Waals surface area (Å²) in [5, 5.41) is 13.8. The van der Waals surface area contributed by atoms with Crippen LogP contribution in [0.5, 0.6) is 17.2 Å². The van der Waals surface area contributed by atoms with Crippen molar-refractivity contribution in [3.63, 3.8) is 0 Å². The molecule has 0 spiro atoms. The van der Waals surface area contributed by atoms with Crippen molar-refractivity contribution in [3.05, 3.63) is 75.1 Å². The van der Waals surface area contributed by atoms with E-state index in [-0.39, 0.29) is 34.3 Å². The van der Waals surface area contributed by atoms with Gasteiger partial charge in [-0.2, -0.15) is 0 Å². The molecule has 37 heavy (non-hydrogen) atoms. The summed E-state index contributed by atoms with van der Waals surface area (Å²) in [6, 6.07) is 11.0.